The number of nitro groups is 1. The second-order valence-electron chi connectivity index (χ2n) is 4.65. The van der Waals surface area contributed by atoms with Crippen LogP contribution in [0.25, 0.3) is 0 Å². The number of thiol groups is 1. The lowest BCUT2D eigenvalue weighted by molar-refractivity contribution is -0.384. The quantitative estimate of drug-likeness (QED) is 0.283. The fourth-order valence-corrected chi connectivity index (χ4v) is 1.59. The molecule has 0 spiro atoms. The summed E-state index contributed by atoms with van der Waals surface area (Å²) in [7, 11) is 0. The number of esters is 1. The van der Waals surface area contributed by atoms with Crippen LogP contribution in [0.15, 0.2) is 17.0 Å². The third kappa shape index (κ3) is 3.13. The van der Waals surface area contributed by atoms with Gasteiger partial charge in [-0.1, -0.05) is 0 Å². The average Bonchev–Trinajstić information content (AvgIpc) is 2.13. The molecule has 98 valence electrons. The minimum absolute atomic E-state index is 0.0811. The molecule has 0 radical (unpaired) electrons. The Bertz CT molecular complexity index is 509. The monoisotopic (exact) mass is 270 g/mol. The number of ether oxygens (including phenoxy) is 1. The molecular weight excluding hydrogens is 256 g/mol. The van der Waals surface area contributed by atoms with Crippen LogP contribution in [0.3, 0.4) is 0 Å². The maximum Gasteiger partial charge on any atom is 0.342 e. The molecular formula is C11H14N2O4S. The van der Waals surface area contributed by atoms with Gasteiger partial charge < -0.3 is 10.5 Å². The van der Waals surface area contributed by atoms with Gasteiger partial charge in [-0.3, -0.25) is 10.1 Å². The van der Waals surface area contributed by atoms with E-state index in [2.05, 4.69) is 12.6 Å². The van der Waals surface area contributed by atoms with E-state index in [1.807, 2.05) is 0 Å². The predicted octanol–water partition coefficient (Wildman–Crippen LogP) is 2.42. The van der Waals surface area contributed by atoms with Gasteiger partial charge in [-0.05, 0) is 26.8 Å². The van der Waals surface area contributed by atoms with E-state index in [0.717, 1.165) is 0 Å². The van der Waals surface area contributed by atoms with Gasteiger partial charge in [0.25, 0.3) is 5.69 Å². The van der Waals surface area contributed by atoms with E-state index in [1.54, 1.807) is 20.8 Å². The molecule has 0 saturated carbocycles. The number of anilines is 1. The van der Waals surface area contributed by atoms with Gasteiger partial charge in [0, 0.05) is 11.0 Å². The number of nitro benzene ring substituents is 1. The second-order valence-corrected chi connectivity index (χ2v) is 5.13. The molecule has 6 nitrogen and oxygen atoms in total. The van der Waals surface area contributed by atoms with Gasteiger partial charge in [0.05, 0.1) is 4.92 Å². The zero-order valence-electron chi connectivity index (χ0n) is 10.3. The van der Waals surface area contributed by atoms with Crippen molar-refractivity contribution in [2.75, 3.05) is 5.73 Å². The van der Waals surface area contributed by atoms with E-state index in [4.69, 9.17) is 10.5 Å². The van der Waals surface area contributed by atoms with E-state index in [1.165, 1.54) is 12.1 Å². The Labute approximate surface area is 110 Å². The third-order valence-corrected chi connectivity index (χ3v) is 2.37. The number of nitrogens with zero attached hydrogens (tertiary/aromatic N) is 1. The van der Waals surface area contributed by atoms with Crippen molar-refractivity contribution in [3.8, 4) is 0 Å². The average molecular weight is 270 g/mol. The highest BCUT2D eigenvalue weighted by Crippen LogP contribution is 2.31. The third-order valence-electron chi connectivity index (χ3n) is 2.00. The summed E-state index contributed by atoms with van der Waals surface area (Å²) in [5.41, 5.74) is 4.24. The molecule has 0 unspecified atom stereocenters. The van der Waals surface area contributed by atoms with Crippen LogP contribution < -0.4 is 5.73 Å². The fraction of sp³-hybridized carbons (Fsp3) is 0.364. The molecule has 0 atom stereocenters. The number of rotatable bonds is 2. The summed E-state index contributed by atoms with van der Waals surface area (Å²) in [5, 5.41) is 10.7. The zero-order chi connectivity index (χ0) is 14.1. The van der Waals surface area contributed by atoms with E-state index in [-0.39, 0.29) is 21.8 Å². The van der Waals surface area contributed by atoms with E-state index in [9.17, 15) is 14.9 Å². The summed E-state index contributed by atoms with van der Waals surface area (Å²) >= 11 is 4.07. The molecule has 7 heteroatoms. The molecule has 1 aromatic rings. The number of carbonyl (C=O) groups excluding carboxylic acids is 1. The Balaban J connectivity index is 3.28. The predicted molar refractivity (Wildman–Crippen MR) is 69.9 cm³/mol. The first-order valence-electron chi connectivity index (χ1n) is 5.12. The molecule has 0 bridgehead atoms. The lowest BCUT2D eigenvalue weighted by atomic mass is 10.1. The summed E-state index contributed by atoms with van der Waals surface area (Å²) in [6, 6.07) is 2.54. The lowest BCUT2D eigenvalue weighted by Crippen LogP contribution is -2.25. The normalized spacial score (nSPS) is 11.1. The number of benzene rings is 1. The van der Waals surface area contributed by atoms with Gasteiger partial charge in [0.1, 0.15) is 16.9 Å². The number of carbonyl (C=O) groups is 1. The maximum absolute atomic E-state index is 11.9. The molecule has 2 N–H and O–H groups in total. The summed E-state index contributed by atoms with van der Waals surface area (Å²) in [5.74, 6) is -0.728. The smallest absolute Gasteiger partial charge is 0.342 e. The van der Waals surface area contributed by atoms with E-state index in [0.29, 0.717) is 0 Å². The van der Waals surface area contributed by atoms with Gasteiger partial charge in [-0.25, -0.2) is 4.79 Å². The summed E-state index contributed by atoms with van der Waals surface area (Å²) in [6.45, 7) is 5.07. The Morgan fingerprint density at radius 1 is 1.44 bits per heavy atom. The van der Waals surface area contributed by atoms with Gasteiger partial charge in [-0.15, -0.1) is 12.6 Å². The van der Waals surface area contributed by atoms with Crippen LogP contribution in [0.5, 0.6) is 0 Å². The highest BCUT2D eigenvalue weighted by Gasteiger charge is 2.26. The molecule has 0 aliphatic carbocycles. The zero-order valence-corrected chi connectivity index (χ0v) is 11.2. The Morgan fingerprint density at radius 3 is 2.44 bits per heavy atom. The van der Waals surface area contributed by atoms with E-state index >= 15 is 0 Å². The Hall–Kier alpha value is -1.76. The highest BCUT2D eigenvalue weighted by molar-refractivity contribution is 7.80. The minimum Gasteiger partial charge on any atom is -0.456 e. The maximum atomic E-state index is 11.9. The van der Waals surface area contributed by atoms with E-state index < -0.39 is 16.5 Å². The van der Waals surface area contributed by atoms with Crippen LogP contribution in [-0.4, -0.2) is 16.5 Å². The molecule has 0 fully saturated rings. The summed E-state index contributed by atoms with van der Waals surface area (Å²) < 4.78 is 5.13. The van der Waals surface area contributed by atoms with Crippen molar-refractivity contribution in [2.45, 2.75) is 31.3 Å². The Kier molecular flexibility index (Phi) is 3.85. The second kappa shape index (κ2) is 4.85. The number of hydrogen-bond acceptors (Lipinski definition) is 6. The molecule has 0 aliphatic heterocycles. The lowest BCUT2D eigenvalue weighted by Gasteiger charge is -2.20. The van der Waals surface area contributed by atoms with Crippen LogP contribution in [0.1, 0.15) is 31.1 Å². The van der Waals surface area contributed by atoms with Crippen molar-refractivity contribution in [1.82, 2.24) is 0 Å². The van der Waals surface area contributed by atoms with Crippen molar-refractivity contribution in [1.29, 1.82) is 0 Å². The molecule has 0 aromatic heterocycles. The molecule has 0 heterocycles. The van der Waals surface area contributed by atoms with Crippen LogP contribution in [-0.2, 0) is 4.74 Å². The molecule has 18 heavy (non-hydrogen) atoms. The summed E-state index contributed by atoms with van der Waals surface area (Å²) in [4.78, 5) is 22.2. The van der Waals surface area contributed by atoms with Crippen LogP contribution >= 0.6 is 12.6 Å². The number of nitrogen functional groups attached to an aromatic ring is 1. The van der Waals surface area contributed by atoms with Crippen molar-refractivity contribution in [2.24, 2.45) is 0 Å². The van der Waals surface area contributed by atoms with Crippen LogP contribution in [0.2, 0.25) is 0 Å². The first kappa shape index (κ1) is 14.3. The van der Waals surface area contributed by atoms with Crippen LogP contribution in [0, 0.1) is 10.1 Å². The van der Waals surface area contributed by atoms with Gasteiger partial charge in [-0.2, -0.15) is 0 Å². The van der Waals surface area contributed by atoms with Crippen molar-refractivity contribution in [3.63, 3.8) is 0 Å². The SMILES string of the molecule is CC(C)(C)OC(=O)c1c(S)ccc([N+](=O)[O-])c1N. The molecule has 0 saturated heterocycles. The first-order chi connectivity index (χ1) is 8.13. The molecule has 1 rings (SSSR count). The highest BCUT2D eigenvalue weighted by atomic mass is 32.1. The van der Waals surface area contributed by atoms with Gasteiger partial charge in [0.2, 0.25) is 0 Å². The van der Waals surface area contributed by atoms with Crippen molar-refractivity contribution >= 4 is 30.0 Å². The van der Waals surface area contributed by atoms with Crippen molar-refractivity contribution in [3.05, 3.63) is 27.8 Å². The molecule has 1 aromatic carbocycles. The molecule has 0 aliphatic rings. The Morgan fingerprint density at radius 2 is 2.00 bits per heavy atom. The first-order valence-corrected chi connectivity index (χ1v) is 5.57. The topological polar surface area (TPSA) is 95.5 Å². The van der Waals surface area contributed by atoms with Crippen LogP contribution in [0.4, 0.5) is 11.4 Å². The number of hydrogen-bond donors (Lipinski definition) is 2. The van der Waals surface area contributed by atoms with Gasteiger partial charge >= 0.3 is 5.97 Å². The van der Waals surface area contributed by atoms with Crippen molar-refractivity contribution < 1.29 is 14.5 Å². The van der Waals surface area contributed by atoms with Gasteiger partial charge in [0.15, 0.2) is 0 Å². The number of nitrogens with two attached hydrogens (primary N) is 1. The minimum atomic E-state index is -0.728. The fourth-order valence-electron chi connectivity index (χ4n) is 1.30. The summed E-state index contributed by atoms with van der Waals surface area (Å²) in [6.07, 6.45) is 0. The molecule has 0 amide bonds. The standard InChI is InChI=1S/C11H14N2O4S/c1-11(2,3)17-10(14)8-7(18)5-4-6(9(8)12)13(15)16/h4-5,18H,12H2,1-3H3. The largest absolute Gasteiger partial charge is 0.456 e.